The molecule has 1 atom stereocenters. The number of hydrogen-bond acceptors (Lipinski definition) is 4. The van der Waals surface area contributed by atoms with E-state index in [1.165, 1.54) is 16.7 Å². The van der Waals surface area contributed by atoms with Crippen LogP contribution < -0.4 is 0 Å². The van der Waals surface area contributed by atoms with Gasteiger partial charge in [-0.1, -0.05) is 24.3 Å². The molecule has 4 rings (SSSR count). The first-order valence-corrected chi connectivity index (χ1v) is 9.03. The van der Waals surface area contributed by atoms with Crippen LogP contribution in [0.2, 0.25) is 0 Å². The summed E-state index contributed by atoms with van der Waals surface area (Å²) in [5.74, 6) is 1.02. The molecule has 25 heavy (non-hydrogen) atoms. The zero-order chi connectivity index (χ0) is 17.4. The number of amides is 1. The van der Waals surface area contributed by atoms with Gasteiger partial charge in [0.2, 0.25) is 5.91 Å². The molecule has 3 heterocycles. The maximum absolute atomic E-state index is 13.0. The van der Waals surface area contributed by atoms with Crippen LogP contribution in [-0.2, 0) is 30.7 Å². The molecular formula is C20H24N4O. The van der Waals surface area contributed by atoms with Gasteiger partial charge in [-0.3, -0.25) is 9.69 Å². The first-order valence-electron chi connectivity index (χ1n) is 9.03. The summed E-state index contributed by atoms with van der Waals surface area (Å²) in [6.45, 7) is 7.10. The highest BCUT2D eigenvalue weighted by Crippen LogP contribution is 2.22. The van der Waals surface area contributed by atoms with Crippen LogP contribution in [0.1, 0.15) is 35.1 Å². The van der Waals surface area contributed by atoms with E-state index < -0.39 is 0 Å². The molecule has 1 amide bonds. The Bertz CT molecular complexity index is 804. The molecule has 5 heteroatoms. The largest absolute Gasteiger partial charge is 0.337 e. The van der Waals surface area contributed by atoms with Crippen LogP contribution in [0.5, 0.6) is 0 Å². The number of carbonyl (C=O) groups is 1. The van der Waals surface area contributed by atoms with Gasteiger partial charge in [0.05, 0.1) is 11.7 Å². The van der Waals surface area contributed by atoms with Crippen molar-refractivity contribution >= 4 is 5.91 Å². The number of nitrogens with zero attached hydrogens (tertiary/aromatic N) is 4. The summed E-state index contributed by atoms with van der Waals surface area (Å²) in [5, 5.41) is 0. The number of carbonyl (C=O) groups excluding carboxylic acids is 1. The van der Waals surface area contributed by atoms with E-state index in [0.717, 1.165) is 50.5 Å². The van der Waals surface area contributed by atoms with E-state index >= 15 is 0 Å². The van der Waals surface area contributed by atoms with Crippen molar-refractivity contribution in [3.8, 4) is 0 Å². The van der Waals surface area contributed by atoms with Crippen molar-refractivity contribution in [2.45, 2.75) is 45.8 Å². The lowest BCUT2D eigenvalue weighted by Crippen LogP contribution is -2.50. The van der Waals surface area contributed by atoms with Crippen LogP contribution in [0.25, 0.3) is 0 Å². The summed E-state index contributed by atoms with van der Waals surface area (Å²) in [5.41, 5.74) is 4.94. The lowest BCUT2D eigenvalue weighted by Gasteiger charge is -2.37. The third-order valence-electron chi connectivity index (χ3n) is 5.44. The molecule has 0 N–H and O–H groups in total. The molecule has 2 aliphatic heterocycles. The molecular weight excluding hydrogens is 312 g/mol. The predicted molar refractivity (Wildman–Crippen MR) is 95.9 cm³/mol. The fourth-order valence-electron chi connectivity index (χ4n) is 3.86. The molecule has 0 fully saturated rings. The Morgan fingerprint density at radius 2 is 1.84 bits per heavy atom. The van der Waals surface area contributed by atoms with Crippen molar-refractivity contribution in [2.24, 2.45) is 0 Å². The Hall–Kier alpha value is -2.27. The van der Waals surface area contributed by atoms with Gasteiger partial charge in [0.15, 0.2) is 0 Å². The number of aromatic nitrogens is 2. The smallest absolute Gasteiger partial charge is 0.239 e. The number of hydrogen-bond donors (Lipinski definition) is 0. The third-order valence-corrected chi connectivity index (χ3v) is 5.44. The van der Waals surface area contributed by atoms with Gasteiger partial charge in [-0.15, -0.1) is 0 Å². The van der Waals surface area contributed by atoms with Gasteiger partial charge in [-0.2, -0.15) is 0 Å². The predicted octanol–water partition coefficient (Wildman–Crippen LogP) is 2.12. The first kappa shape index (κ1) is 16.2. The summed E-state index contributed by atoms with van der Waals surface area (Å²) in [6.07, 6.45) is 3.79. The third kappa shape index (κ3) is 3.16. The Morgan fingerprint density at radius 1 is 1.08 bits per heavy atom. The average molecular weight is 336 g/mol. The molecule has 0 aliphatic carbocycles. The average Bonchev–Trinajstić information content (AvgIpc) is 2.65. The molecule has 5 nitrogen and oxygen atoms in total. The topological polar surface area (TPSA) is 49.3 Å². The van der Waals surface area contributed by atoms with Gasteiger partial charge in [-0.25, -0.2) is 9.97 Å². The molecule has 0 bridgehead atoms. The Kier molecular flexibility index (Phi) is 4.25. The highest BCUT2D eigenvalue weighted by atomic mass is 16.2. The second-order valence-electron chi connectivity index (χ2n) is 7.06. The van der Waals surface area contributed by atoms with E-state index in [2.05, 4.69) is 39.1 Å². The maximum Gasteiger partial charge on any atom is 0.239 e. The van der Waals surface area contributed by atoms with Gasteiger partial charge in [0, 0.05) is 32.4 Å². The van der Waals surface area contributed by atoms with Gasteiger partial charge < -0.3 is 4.90 Å². The lowest BCUT2D eigenvalue weighted by atomic mass is 9.99. The molecule has 1 aromatic heterocycles. The standard InChI is InChI=1S/C20H24N4O/c1-14(23-9-8-17-11-21-15(2)22-19(17)13-23)20(25)24-10-7-16-5-3-4-6-18(16)12-24/h3-6,11,14H,7-10,12-13H2,1-2H3/t14-/m1/s1. The van der Waals surface area contributed by atoms with Crippen LogP contribution in [0.3, 0.4) is 0 Å². The van der Waals surface area contributed by atoms with Crippen molar-refractivity contribution in [1.29, 1.82) is 0 Å². The minimum absolute atomic E-state index is 0.117. The molecule has 0 saturated carbocycles. The first-order chi connectivity index (χ1) is 12.1. The van der Waals surface area contributed by atoms with Crippen molar-refractivity contribution in [2.75, 3.05) is 13.1 Å². The van der Waals surface area contributed by atoms with Crippen molar-refractivity contribution in [1.82, 2.24) is 19.8 Å². The van der Waals surface area contributed by atoms with Crippen molar-refractivity contribution < 1.29 is 4.79 Å². The minimum Gasteiger partial charge on any atom is -0.337 e. The number of fused-ring (bicyclic) bond motifs is 2. The number of rotatable bonds is 2. The fourth-order valence-corrected chi connectivity index (χ4v) is 3.86. The number of aryl methyl sites for hydroxylation is 1. The molecule has 2 aromatic rings. The zero-order valence-corrected chi connectivity index (χ0v) is 14.9. The summed E-state index contributed by atoms with van der Waals surface area (Å²) >= 11 is 0. The van der Waals surface area contributed by atoms with Gasteiger partial charge in [0.1, 0.15) is 5.82 Å². The monoisotopic (exact) mass is 336 g/mol. The van der Waals surface area contributed by atoms with E-state index in [-0.39, 0.29) is 11.9 Å². The van der Waals surface area contributed by atoms with Crippen LogP contribution in [-0.4, -0.2) is 44.8 Å². The molecule has 0 spiro atoms. The number of benzene rings is 1. The summed E-state index contributed by atoms with van der Waals surface area (Å²) in [6, 6.07) is 8.32. The lowest BCUT2D eigenvalue weighted by molar-refractivity contribution is -0.137. The second kappa shape index (κ2) is 6.56. The molecule has 0 radical (unpaired) electrons. The van der Waals surface area contributed by atoms with Gasteiger partial charge in [-0.05, 0) is 43.4 Å². The normalized spacial score (nSPS) is 18.4. The van der Waals surface area contributed by atoms with Gasteiger partial charge >= 0.3 is 0 Å². The quantitative estimate of drug-likeness (QED) is 0.843. The minimum atomic E-state index is -0.117. The van der Waals surface area contributed by atoms with Crippen molar-refractivity contribution in [3.05, 3.63) is 58.7 Å². The van der Waals surface area contributed by atoms with E-state index in [0.29, 0.717) is 0 Å². The Labute approximate surface area is 148 Å². The Balaban J connectivity index is 1.46. The Morgan fingerprint density at radius 3 is 2.68 bits per heavy atom. The summed E-state index contributed by atoms with van der Waals surface area (Å²) in [4.78, 5) is 26.2. The SMILES string of the molecule is Cc1ncc2c(n1)CN([C@H](C)C(=O)N1CCc3ccccc3C1)CC2. The van der Waals surface area contributed by atoms with E-state index in [9.17, 15) is 4.79 Å². The van der Waals surface area contributed by atoms with Crippen LogP contribution >= 0.6 is 0 Å². The van der Waals surface area contributed by atoms with E-state index in [1.54, 1.807) is 0 Å². The van der Waals surface area contributed by atoms with Gasteiger partial charge in [0.25, 0.3) is 0 Å². The molecule has 2 aliphatic rings. The molecule has 130 valence electrons. The van der Waals surface area contributed by atoms with Crippen LogP contribution in [0.4, 0.5) is 0 Å². The highest BCUT2D eigenvalue weighted by molar-refractivity contribution is 5.81. The zero-order valence-electron chi connectivity index (χ0n) is 14.9. The fraction of sp³-hybridized carbons (Fsp3) is 0.450. The van der Waals surface area contributed by atoms with Crippen LogP contribution in [0.15, 0.2) is 30.5 Å². The molecule has 1 aromatic carbocycles. The van der Waals surface area contributed by atoms with E-state index in [1.807, 2.05) is 24.9 Å². The second-order valence-corrected chi connectivity index (χ2v) is 7.06. The summed E-state index contributed by atoms with van der Waals surface area (Å²) in [7, 11) is 0. The summed E-state index contributed by atoms with van der Waals surface area (Å²) < 4.78 is 0. The highest BCUT2D eigenvalue weighted by Gasteiger charge is 2.30. The van der Waals surface area contributed by atoms with E-state index in [4.69, 9.17) is 0 Å². The van der Waals surface area contributed by atoms with Crippen molar-refractivity contribution in [3.63, 3.8) is 0 Å². The molecule has 0 unspecified atom stereocenters. The molecule has 0 saturated heterocycles. The van der Waals surface area contributed by atoms with Crippen LogP contribution in [0, 0.1) is 6.92 Å². The maximum atomic E-state index is 13.0.